The molecular weight excluding hydrogens is 372 g/mol. The second-order valence-electron chi connectivity index (χ2n) is 6.94. The number of ether oxygens (including phenoxy) is 1. The van der Waals surface area contributed by atoms with E-state index in [-0.39, 0.29) is 11.4 Å². The van der Waals surface area contributed by atoms with Crippen molar-refractivity contribution in [2.24, 2.45) is 7.05 Å². The Morgan fingerprint density at radius 1 is 1.00 bits per heavy atom. The number of para-hydroxylation sites is 1. The molecule has 4 rings (SSSR count). The summed E-state index contributed by atoms with van der Waals surface area (Å²) in [6.45, 7) is 0. The minimum absolute atomic E-state index is 0.0804. The van der Waals surface area contributed by atoms with Gasteiger partial charge in [-0.2, -0.15) is 5.26 Å². The Kier molecular flexibility index (Phi) is 5.19. The van der Waals surface area contributed by atoms with Gasteiger partial charge >= 0.3 is 0 Å². The lowest BCUT2D eigenvalue weighted by molar-refractivity contribution is 0.104. The highest BCUT2D eigenvalue weighted by Crippen LogP contribution is 2.34. The normalized spacial score (nSPS) is 11.3. The van der Waals surface area contributed by atoms with Crippen LogP contribution in [0.15, 0.2) is 84.4 Å². The molecule has 0 atom stereocenters. The van der Waals surface area contributed by atoms with Crippen LogP contribution in [0.4, 0.5) is 0 Å². The number of nitriles is 1. The number of hydrogen-bond acceptors (Lipinski definition) is 3. The number of methoxy groups -OCH3 is 1. The Hall–Kier alpha value is -4.10. The van der Waals surface area contributed by atoms with Crippen LogP contribution in [-0.4, -0.2) is 17.5 Å². The Balaban J connectivity index is 1.93. The average Bonchev–Trinajstić information content (AvgIpc) is 3.10. The van der Waals surface area contributed by atoms with Crippen LogP contribution < -0.4 is 4.74 Å². The van der Waals surface area contributed by atoms with Gasteiger partial charge in [0.2, 0.25) is 5.78 Å². The number of fused-ring (bicyclic) bond motifs is 1. The maximum absolute atomic E-state index is 13.6. The molecule has 4 nitrogen and oxygen atoms in total. The lowest BCUT2D eigenvalue weighted by Gasteiger charge is -2.08. The SMILES string of the molecule is COc1cccc(/C=C(\C#N)C(=O)c2c(-c3ccccc3)n(C)c3ccccc23)c1. The minimum atomic E-state index is -0.295. The first kappa shape index (κ1) is 19.2. The first-order valence-electron chi connectivity index (χ1n) is 9.57. The van der Waals surface area contributed by atoms with Crippen LogP contribution in [0.25, 0.3) is 28.2 Å². The molecule has 4 heteroatoms. The largest absolute Gasteiger partial charge is 0.497 e. The van der Waals surface area contributed by atoms with E-state index in [2.05, 4.69) is 6.07 Å². The molecule has 0 unspecified atom stereocenters. The minimum Gasteiger partial charge on any atom is -0.497 e. The van der Waals surface area contributed by atoms with E-state index in [0.717, 1.165) is 27.7 Å². The van der Waals surface area contributed by atoms with Crippen molar-refractivity contribution in [3.63, 3.8) is 0 Å². The van der Waals surface area contributed by atoms with Gasteiger partial charge in [0, 0.05) is 18.0 Å². The van der Waals surface area contributed by atoms with Crippen LogP contribution in [0.1, 0.15) is 15.9 Å². The van der Waals surface area contributed by atoms with E-state index in [1.54, 1.807) is 19.3 Å². The molecule has 0 fully saturated rings. The topological polar surface area (TPSA) is 55.0 Å². The predicted octanol–water partition coefficient (Wildman–Crippen LogP) is 5.64. The van der Waals surface area contributed by atoms with Gasteiger partial charge in [-0.25, -0.2) is 0 Å². The molecule has 1 aromatic heterocycles. The number of hydrogen-bond donors (Lipinski definition) is 0. The second-order valence-corrected chi connectivity index (χ2v) is 6.94. The summed E-state index contributed by atoms with van der Waals surface area (Å²) in [4.78, 5) is 13.6. The molecule has 0 amide bonds. The summed E-state index contributed by atoms with van der Waals surface area (Å²) in [6.07, 6.45) is 1.61. The molecule has 3 aromatic carbocycles. The van der Waals surface area contributed by atoms with Crippen molar-refractivity contribution in [2.75, 3.05) is 7.11 Å². The maximum atomic E-state index is 13.6. The summed E-state index contributed by atoms with van der Waals surface area (Å²) in [6, 6.07) is 26.9. The van der Waals surface area contributed by atoms with E-state index in [4.69, 9.17) is 4.74 Å². The highest BCUT2D eigenvalue weighted by Gasteiger charge is 2.24. The van der Waals surface area contributed by atoms with Crippen LogP contribution in [0.5, 0.6) is 5.75 Å². The van der Waals surface area contributed by atoms with Crippen molar-refractivity contribution in [1.82, 2.24) is 4.57 Å². The van der Waals surface area contributed by atoms with Gasteiger partial charge in [0.05, 0.1) is 18.4 Å². The quantitative estimate of drug-likeness (QED) is 0.251. The molecule has 4 aromatic rings. The first-order valence-corrected chi connectivity index (χ1v) is 9.57. The lowest BCUT2D eigenvalue weighted by atomic mass is 9.96. The molecule has 0 saturated heterocycles. The van der Waals surface area contributed by atoms with E-state index in [0.29, 0.717) is 11.3 Å². The van der Waals surface area contributed by atoms with E-state index < -0.39 is 0 Å². The van der Waals surface area contributed by atoms with E-state index in [1.165, 1.54) is 0 Å². The molecule has 0 N–H and O–H groups in total. The molecule has 0 spiro atoms. The first-order chi connectivity index (χ1) is 14.6. The third-order valence-corrected chi connectivity index (χ3v) is 5.15. The van der Waals surface area contributed by atoms with Crippen molar-refractivity contribution in [2.45, 2.75) is 0 Å². The smallest absolute Gasteiger partial charge is 0.206 e. The number of carbonyl (C=O) groups is 1. The molecule has 0 aliphatic rings. The highest BCUT2D eigenvalue weighted by molar-refractivity contribution is 6.23. The molecule has 0 bridgehead atoms. The molecule has 0 radical (unpaired) electrons. The van der Waals surface area contributed by atoms with Gasteiger partial charge in [0.1, 0.15) is 17.4 Å². The zero-order valence-electron chi connectivity index (χ0n) is 16.8. The van der Waals surface area contributed by atoms with Gasteiger partial charge in [0.25, 0.3) is 0 Å². The number of rotatable bonds is 5. The fourth-order valence-corrected chi connectivity index (χ4v) is 3.74. The fraction of sp³-hybridized carbons (Fsp3) is 0.0769. The van der Waals surface area contributed by atoms with Gasteiger partial charge in [-0.1, -0.05) is 60.7 Å². The van der Waals surface area contributed by atoms with Crippen LogP contribution in [-0.2, 0) is 7.05 Å². The molecule has 1 heterocycles. The van der Waals surface area contributed by atoms with Crippen LogP contribution in [0.3, 0.4) is 0 Å². The van der Waals surface area contributed by atoms with Crippen molar-refractivity contribution in [1.29, 1.82) is 5.26 Å². The molecule has 0 aliphatic heterocycles. The van der Waals surface area contributed by atoms with Crippen molar-refractivity contribution < 1.29 is 9.53 Å². The monoisotopic (exact) mass is 392 g/mol. The number of aryl methyl sites for hydroxylation is 1. The number of Topliss-reactive ketones (excluding diaryl/α,β-unsaturated/α-hetero) is 1. The van der Waals surface area contributed by atoms with Gasteiger partial charge in [0.15, 0.2) is 0 Å². The summed E-state index contributed by atoms with van der Waals surface area (Å²) < 4.78 is 7.27. The van der Waals surface area contributed by atoms with E-state index in [1.807, 2.05) is 84.4 Å². The second kappa shape index (κ2) is 8.10. The van der Waals surface area contributed by atoms with Gasteiger partial charge < -0.3 is 9.30 Å². The lowest BCUT2D eigenvalue weighted by Crippen LogP contribution is -2.05. The number of aromatic nitrogens is 1. The van der Waals surface area contributed by atoms with E-state index in [9.17, 15) is 10.1 Å². The Bertz CT molecular complexity index is 1310. The Labute approximate surface area is 175 Å². The zero-order valence-corrected chi connectivity index (χ0v) is 16.8. The highest BCUT2D eigenvalue weighted by atomic mass is 16.5. The van der Waals surface area contributed by atoms with Crippen LogP contribution >= 0.6 is 0 Å². The number of allylic oxidation sites excluding steroid dienone is 1. The van der Waals surface area contributed by atoms with Gasteiger partial charge in [-0.3, -0.25) is 4.79 Å². The molecule has 0 saturated carbocycles. The third kappa shape index (κ3) is 3.38. The van der Waals surface area contributed by atoms with Crippen molar-refractivity contribution in [3.05, 3.63) is 95.6 Å². The van der Waals surface area contributed by atoms with Crippen LogP contribution in [0, 0.1) is 11.3 Å². The molecule has 30 heavy (non-hydrogen) atoms. The average molecular weight is 392 g/mol. The predicted molar refractivity (Wildman–Crippen MR) is 119 cm³/mol. The maximum Gasteiger partial charge on any atom is 0.206 e. The van der Waals surface area contributed by atoms with Crippen molar-refractivity contribution in [3.8, 4) is 23.1 Å². The van der Waals surface area contributed by atoms with E-state index >= 15 is 0 Å². The molecule has 146 valence electrons. The van der Waals surface area contributed by atoms with Crippen molar-refractivity contribution >= 4 is 22.8 Å². The number of nitrogens with zero attached hydrogens (tertiary/aromatic N) is 2. The standard InChI is InChI=1S/C26H20N2O2/c1-28-23-14-7-6-13-22(23)24(25(28)19-10-4-3-5-11-19)26(29)20(17-27)15-18-9-8-12-21(16-18)30-2/h3-16H,1-2H3/b20-15+. The number of carbonyl (C=O) groups excluding carboxylic acids is 1. The number of benzene rings is 3. The third-order valence-electron chi connectivity index (χ3n) is 5.15. The summed E-state index contributed by atoms with van der Waals surface area (Å²) in [5, 5.41) is 10.6. The Morgan fingerprint density at radius 2 is 1.73 bits per heavy atom. The van der Waals surface area contributed by atoms with Crippen LogP contribution in [0.2, 0.25) is 0 Å². The molecular formula is C26H20N2O2. The summed E-state index contributed by atoms with van der Waals surface area (Å²) in [7, 11) is 3.53. The zero-order chi connectivity index (χ0) is 21.1. The number of ketones is 1. The molecule has 0 aliphatic carbocycles. The Morgan fingerprint density at radius 3 is 2.47 bits per heavy atom. The summed E-state index contributed by atoms with van der Waals surface area (Å²) >= 11 is 0. The summed E-state index contributed by atoms with van der Waals surface area (Å²) in [5.41, 5.74) is 4.03. The van der Waals surface area contributed by atoms with Gasteiger partial charge in [-0.15, -0.1) is 0 Å². The fourth-order valence-electron chi connectivity index (χ4n) is 3.74. The van der Waals surface area contributed by atoms with Gasteiger partial charge in [-0.05, 0) is 35.4 Å². The summed E-state index contributed by atoms with van der Waals surface area (Å²) in [5.74, 6) is 0.375.